The lowest BCUT2D eigenvalue weighted by molar-refractivity contribution is 0.0914. The van der Waals surface area contributed by atoms with Gasteiger partial charge in [-0.15, -0.1) is 0 Å². The monoisotopic (exact) mass is 248 g/mol. The van der Waals surface area contributed by atoms with Gasteiger partial charge in [0.2, 0.25) is 0 Å². The fourth-order valence-corrected chi connectivity index (χ4v) is 2.23. The summed E-state index contributed by atoms with van der Waals surface area (Å²) in [6, 6.07) is 5.24. The van der Waals surface area contributed by atoms with Gasteiger partial charge in [0.25, 0.3) is 5.91 Å². The fraction of sp³-hybridized carbons (Fsp3) is 0.500. The Kier molecular flexibility index (Phi) is 3.87. The van der Waals surface area contributed by atoms with Gasteiger partial charge in [-0.1, -0.05) is 13.0 Å². The summed E-state index contributed by atoms with van der Waals surface area (Å²) in [5, 5.41) is 16.0. The lowest BCUT2D eigenvalue weighted by Gasteiger charge is -2.30. The number of hydrogen-bond acceptors (Lipinski definition) is 3. The molecule has 0 bridgehead atoms. The number of phenolic OH excluding ortho intramolecular Hbond substituents is 1. The quantitative estimate of drug-likeness (QED) is 0.742. The number of carbonyl (C=O) groups excluding carboxylic acids is 1. The molecule has 0 aromatic heterocycles. The van der Waals surface area contributed by atoms with Crippen molar-refractivity contribution < 1.29 is 9.90 Å². The third-order valence-corrected chi connectivity index (χ3v) is 3.57. The van der Waals surface area contributed by atoms with Crippen molar-refractivity contribution in [2.24, 2.45) is 5.92 Å². The summed E-state index contributed by atoms with van der Waals surface area (Å²) in [7, 11) is 0. The van der Waals surface area contributed by atoms with Crippen LogP contribution >= 0.6 is 0 Å². The summed E-state index contributed by atoms with van der Waals surface area (Å²) >= 11 is 0. The van der Waals surface area contributed by atoms with Crippen LogP contribution in [0.3, 0.4) is 0 Å². The third kappa shape index (κ3) is 2.82. The molecule has 3 N–H and O–H groups in total. The van der Waals surface area contributed by atoms with Gasteiger partial charge in [-0.25, -0.2) is 0 Å². The first kappa shape index (κ1) is 12.9. The first-order chi connectivity index (χ1) is 8.58. The van der Waals surface area contributed by atoms with Gasteiger partial charge < -0.3 is 15.7 Å². The summed E-state index contributed by atoms with van der Waals surface area (Å²) in [5.41, 5.74) is 1.30. The van der Waals surface area contributed by atoms with Crippen LogP contribution in [0.1, 0.15) is 29.3 Å². The van der Waals surface area contributed by atoms with Crippen LogP contribution in [0, 0.1) is 12.8 Å². The van der Waals surface area contributed by atoms with Crippen LogP contribution in [0.2, 0.25) is 0 Å². The van der Waals surface area contributed by atoms with Crippen LogP contribution in [0.5, 0.6) is 5.75 Å². The van der Waals surface area contributed by atoms with E-state index in [0.29, 0.717) is 11.5 Å². The van der Waals surface area contributed by atoms with Gasteiger partial charge in [0.15, 0.2) is 0 Å². The van der Waals surface area contributed by atoms with Crippen molar-refractivity contribution in [3.63, 3.8) is 0 Å². The average molecular weight is 248 g/mol. The van der Waals surface area contributed by atoms with Crippen molar-refractivity contribution >= 4 is 5.91 Å². The van der Waals surface area contributed by atoms with Gasteiger partial charge in [-0.3, -0.25) is 4.79 Å². The Hall–Kier alpha value is -1.55. The van der Waals surface area contributed by atoms with Crippen molar-refractivity contribution in [3.05, 3.63) is 29.3 Å². The molecule has 98 valence electrons. The van der Waals surface area contributed by atoms with Crippen molar-refractivity contribution in [3.8, 4) is 5.75 Å². The second-order valence-corrected chi connectivity index (χ2v) is 5.05. The SMILES string of the molecule is Cc1ccc(C(=O)NC2CCNCC2C)cc1O. The molecule has 1 amide bonds. The Bertz CT molecular complexity index is 445. The third-order valence-electron chi connectivity index (χ3n) is 3.57. The number of piperidine rings is 1. The highest BCUT2D eigenvalue weighted by Crippen LogP contribution is 2.18. The lowest BCUT2D eigenvalue weighted by Crippen LogP contribution is -2.48. The van der Waals surface area contributed by atoms with Gasteiger partial charge in [0.05, 0.1) is 0 Å². The molecule has 0 radical (unpaired) electrons. The van der Waals surface area contributed by atoms with E-state index in [4.69, 9.17) is 0 Å². The van der Waals surface area contributed by atoms with E-state index in [-0.39, 0.29) is 17.7 Å². The normalized spacial score (nSPS) is 23.7. The van der Waals surface area contributed by atoms with Crippen molar-refractivity contribution in [1.29, 1.82) is 0 Å². The maximum atomic E-state index is 12.1. The maximum absolute atomic E-state index is 12.1. The zero-order valence-electron chi connectivity index (χ0n) is 10.9. The van der Waals surface area contributed by atoms with E-state index in [1.165, 1.54) is 6.07 Å². The van der Waals surface area contributed by atoms with Crippen molar-refractivity contribution in [2.45, 2.75) is 26.3 Å². The molecule has 4 heteroatoms. The van der Waals surface area contributed by atoms with Crippen LogP contribution in [-0.2, 0) is 0 Å². The molecule has 2 unspecified atom stereocenters. The molecular weight excluding hydrogens is 228 g/mol. The number of benzene rings is 1. The minimum absolute atomic E-state index is 0.107. The molecule has 1 aliphatic heterocycles. The number of aryl methyl sites for hydroxylation is 1. The van der Waals surface area contributed by atoms with E-state index in [1.54, 1.807) is 12.1 Å². The number of rotatable bonds is 2. The Morgan fingerprint density at radius 2 is 2.28 bits per heavy atom. The van der Waals surface area contributed by atoms with Gasteiger partial charge in [0.1, 0.15) is 5.75 Å². The van der Waals surface area contributed by atoms with Crippen molar-refractivity contribution in [2.75, 3.05) is 13.1 Å². The number of amides is 1. The molecule has 4 nitrogen and oxygen atoms in total. The van der Waals surface area contributed by atoms with Crippen LogP contribution in [0.25, 0.3) is 0 Å². The van der Waals surface area contributed by atoms with E-state index >= 15 is 0 Å². The molecule has 1 fully saturated rings. The van der Waals surface area contributed by atoms with E-state index in [0.717, 1.165) is 25.1 Å². The number of aromatic hydroxyl groups is 1. The number of hydrogen-bond donors (Lipinski definition) is 3. The smallest absolute Gasteiger partial charge is 0.251 e. The molecule has 1 aliphatic rings. The largest absolute Gasteiger partial charge is 0.508 e. The van der Waals surface area contributed by atoms with Crippen molar-refractivity contribution in [1.82, 2.24) is 10.6 Å². The van der Waals surface area contributed by atoms with E-state index < -0.39 is 0 Å². The van der Waals surface area contributed by atoms with Crippen LogP contribution in [0.15, 0.2) is 18.2 Å². The van der Waals surface area contributed by atoms with Gasteiger partial charge in [0, 0.05) is 11.6 Å². The van der Waals surface area contributed by atoms with E-state index in [2.05, 4.69) is 17.6 Å². The minimum Gasteiger partial charge on any atom is -0.508 e. The summed E-state index contributed by atoms with van der Waals surface area (Å²) < 4.78 is 0. The number of carbonyl (C=O) groups is 1. The summed E-state index contributed by atoms with van der Waals surface area (Å²) in [6.45, 7) is 5.81. The average Bonchev–Trinajstić information content (AvgIpc) is 2.35. The first-order valence-corrected chi connectivity index (χ1v) is 6.39. The highest BCUT2D eigenvalue weighted by Gasteiger charge is 2.23. The van der Waals surface area contributed by atoms with Crippen LogP contribution < -0.4 is 10.6 Å². The molecule has 2 rings (SSSR count). The molecule has 0 spiro atoms. The lowest BCUT2D eigenvalue weighted by atomic mass is 9.95. The predicted octanol–water partition coefficient (Wildman–Crippen LogP) is 1.43. The Balaban J connectivity index is 2.04. The summed E-state index contributed by atoms with van der Waals surface area (Å²) in [5.74, 6) is 0.492. The molecule has 1 heterocycles. The molecule has 0 saturated carbocycles. The molecular formula is C14H20N2O2. The maximum Gasteiger partial charge on any atom is 0.251 e. The molecule has 18 heavy (non-hydrogen) atoms. The topological polar surface area (TPSA) is 61.4 Å². The molecule has 1 saturated heterocycles. The minimum atomic E-state index is -0.107. The highest BCUT2D eigenvalue weighted by molar-refractivity contribution is 5.94. The first-order valence-electron chi connectivity index (χ1n) is 6.39. The summed E-state index contributed by atoms with van der Waals surface area (Å²) in [6.07, 6.45) is 0.949. The zero-order valence-corrected chi connectivity index (χ0v) is 10.9. The predicted molar refractivity (Wildman–Crippen MR) is 70.7 cm³/mol. The highest BCUT2D eigenvalue weighted by atomic mass is 16.3. The fourth-order valence-electron chi connectivity index (χ4n) is 2.23. The standard InChI is InChI=1S/C14H20N2O2/c1-9-3-4-11(7-13(9)17)14(18)16-12-5-6-15-8-10(12)2/h3-4,7,10,12,15,17H,5-6,8H2,1-2H3,(H,16,18). The van der Waals surface area contributed by atoms with Gasteiger partial charge >= 0.3 is 0 Å². The Labute approximate surface area is 107 Å². The summed E-state index contributed by atoms with van der Waals surface area (Å²) in [4.78, 5) is 12.1. The Morgan fingerprint density at radius 3 is 2.94 bits per heavy atom. The zero-order chi connectivity index (χ0) is 13.1. The molecule has 2 atom stereocenters. The molecule has 0 aliphatic carbocycles. The molecule has 1 aromatic carbocycles. The van der Waals surface area contributed by atoms with Gasteiger partial charge in [-0.2, -0.15) is 0 Å². The van der Waals surface area contributed by atoms with E-state index in [9.17, 15) is 9.90 Å². The number of nitrogens with one attached hydrogen (secondary N) is 2. The second-order valence-electron chi connectivity index (χ2n) is 5.05. The van der Waals surface area contributed by atoms with E-state index in [1.807, 2.05) is 6.92 Å². The Morgan fingerprint density at radius 1 is 1.50 bits per heavy atom. The van der Waals surface area contributed by atoms with Crippen LogP contribution in [0.4, 0.5) is 0 Å². The van der Waals surface area contributed by atoms with Gasteiger partial charge in [-0.05, 0) is 50.0 Å². The van der Waals surface area contributed by atoms with Crippen LogP contribution in [-0.4, -0.2) is 30.1 Å². The molecule has 1 aromatic rings. The number of phenols is 1. The second kappa shape index (κ2) is 5.40.